The highest BCUT2D eigenvalue weighted by Gasteiger charge is 2.07. The average Bonchev–Trinajstić information content (AvgIpc) is 2.19. The molecule has 0 spiro atoms. The monoisotopic (exact) mass is 248 g/mol. The molecule has 0 aliphatic carbocycles. The van der Waals surface area contributed by atoms with Gasteiger partial charge in [-0.2, -0.15) is 0 Å². The molecule has 15 heavy (non-hydrogen) atoms. The number of nitrogens with zero attached hydrogens (tertiary/aromatic N) is 1. The van der Waals surface area contributed by atoms with Crippen LogP contribution in [-0.4, -0.2) is 31.6 Å². The Morgan fingerprint density at radius 1 is 1.33 bits per heavy atom. The van der Waals surface area contributed by atoms with Gasteiger partial charge in [-0.05, 0) is 24.1 Å². The van der Waals surface area contributed by atoms with Gasteiger partial charge in [-0.3, -0.25) is 4.98 Å². The van der Waals surface area contributed by atoms with Crippen LogP contribution in [-0.2, 0) is 16.4 Å². The van der Waals surface area contributed by atoms with Crippen molar-refractivity contribution in [1.82, 2.24) is 9.71 Å². The molecule has 0 saturated carbocycles. The molecule has 1 rings (SSSR count). The van der Waals surface area contributed by atoms with E-state index in [9.17, 15) is 8.42 Å². The predicted molar refractivity (Wildman–Crippen MR) is 60.5 cm³/mol. The fourth-order valence-corrected chi connectivity index (χ4v) is 2.44. The largest absolute Gasteiger partial charge is 0.265 e. The Hall–Kier alpha value is -0.650. The van der Waals surface area contributed by atoms with E-state index in [0.29, 0.717) is 13.0 Å². The molecule has 0 bridgehead atoms. The van der Waals surface area contributed by atoms with Gasteiger partial charge >= 0.3 is 0 Å². The number of hydrogen-bond acceptors (Lipinski definition) is 3. The fraction of sp³-hybridized carbons (Fsp3) is 0.444. The van der Waals surface area contributed by atoms with Crippen LogP contribution < -0.4 is 4.72 Å². The van der Waals surface area contributed by atoms with Crippen molar-refractivity contribution in [3.63, 3.8) is 0 Å². The van der Waals surface area contributed by atoms with E-state index in [4.69, 9.17) is 11.6 Å². The molecular weight excluding hydrogens is 236 g/mol. The molecule has 0 atom stereocenters. The highest BCUT2D eigenvalue weighted by atomic mass is 35.5. The third-order valence-electron chi connectivity index (χ3n) is 1.83. The second-order valence-electron chi connectivity index (χ2n) is 3.01. The van der Waals surface area contributed by atoms with Crippen molar-refractivity contribution in [2.24, 2.45) is 0 Å². The highest BCUT2D eigenvalue weighted by molar-refractivity contribution is 7.89. The van der Waals surface area contributed by atoms with Crippen molar-refractivity contribution in [2.75, 3.05) is 18.2 Å². The Morgan fingerprint density at radius 3 is 2.60 bits per heavy atom. The zero-order chi connectivity index (χ0) is 11.1. The summed E-state index contributed by atoms with van der Waals surface area (Å²) >= 11 is 5.35. The summed E-state index contributed by atoms with van der Waals surface area (Å²) < 4.78 is 24.9. The summed E-state index contributed by atoms with van der Waals surface area (Å²) in [5.74, 6) is 0.0789. The molecule has 0 amide bonds. The Morgan fingerprint density at radius 2 is 2.00 bits per heavy atom. The normalized spacial score (nSPS) is 11.5. The second-order valence-corrected chi connectivity index (χ2v) is 5.31. The molecule has 1 heterocycles. The van der Waals surface area contributed by atoms with Crippen molar-refractivity contribution in [3.8, 4) is 0 Å². The second kappa shape index (κ2) is 6.05. The first-order valence-electron chi connectivity index (χ1n) is 4.56. The van der Waals surface area contributed by atoms with E-state index in [0.717, 1.165) is 5.56 Å². The molecular formula is C9H13ClN2O2S. The van der Waals surface area contributed by atoms with Crippen LogP contribution in [0.25, 0.3) is 0 Å². The van der Waals surface area contributed by atoms with E-state index < -0.39 is 10.0 Å². The standard InChI is InChI=1S/C9H13ClN2O2S/c10-4-8-15(13,14)12-7-3-9-1-5-11-6-2-9/h1-2,5-6,12H,3-4,7-8H2. The minimum absolute atomic E-state index is 0.0368. The van der Waals surface area contributed by atoms with Crippen molar-refractivity contribution in [1.29, 1.82) is 0 Å². The zero-order valence-electron chi connectivity index (χ0n) is 8.19. The van der Waals surface area contributed by atoms with Gasteiger partial charge in [-0.1, -0.05) is 0 Å². The average molecular weight is 249 g/mol. The lowest BCUT2D eigenvalue weighted by atomic mass is 10.2. The number of hydrogen-bond donors (Lipinski definition) is 1. The molecule has 4 nitrogen and oxygen atoms in total. The first-order valence-corrected chi connectivity index (χ1v) is 6.75. The minimum Gasteiger partial charge on any atom is -0.265 e. The Labute approximate surface area is 94.7 Å². The van der Waals surface area contributed by atoms with E-state index in [1.54, 1.807) is 12.4 Å². The number of rotatable bonds is 6. The first-order chi connectivity index (χ1) is 7.14. The van der Waals surface area contributed by atoms with Gasteiger partial charge in [0.15, 0.2) is 0 Å². The lowest BCUT2D eigenvalue weighted by Crippen LogP contribution is -2.28. The predicted octanol–water partition coefficient (Wildman–Crippen LogP) is 0.782. The van der Waals surface area contributed by atoms with Crippen molar-refractivity contribution < 1.29 is 8.42 Å². The number of aromatic nitrogens is 1. The summed E-state index contributed by atoms with van der Waals surface area (Å²) in [4.78, 5) is 3.88. The quantitative estimate of drug-likeness (QED) is 0.757. The summed E-state index contributed by atoms with van der Waals surface area (Å²) in [6.07, 6.45) is 4.02. The molecule has 0 fully saturated rings. The maximum atomic E-state index is 11.2. The van der Waals surface area contributed by atoms with E-state index in [2.05, 4.69) is 9.71 Å². The van der Waals surface area contributed by atoms with Gasteiger partial charge in [0.25, 0.3) is 0 Å². The van der Waals surface area contributed by atoms with Crippen molar-refractivity contribution >= 4 is 21.6 Å². The van der Waals surface area contributed by atoms with Gasteiger partial charge in [-0.25, -0.2) is 13.1 Å². The summed E-state index contributed by atoms with van der Waals surface area (Å²) in [5, 5.41) is 0. The number of pyridine rings is 1. The highest BCUT2D eigenvalue weighted by Crippen LogP contribution is 1.96. The molecule has 0 aliphatic heterocycles. The van der Waals surface area contributed by atoms with Gasteiger partial charge in [0.1, 0.15) is 0 Å². The lowest BCUT2D eigenvalue weighted by Gasteiger charge is -2.04. The number of alkyl halides is 1. The number of halogens is 1. The van der Waals surface area contributed by atoms with E-state index in [1.807, 2.05) is 12.1 Å². The summed E-state index contributed by atoms with van der Waals surface area (Å²) in [7, 11) is -3.20. The molecule has 0 unspecified atom stereocenters. The van der Waals surface area contributed by atoms with E-state index >= 15 is 0 Å². The van der Waals surface area contributed by atoms with Crippen LogP contribution in [0.2, 0.25) is 0 Å². The molecule has 84 valence electrons. The first kappa shape index (κ1) is 12.4. The summed E-state index contributed by atoms with van der Waals surface area (Å²) in [6, 6.07) is 3.71. The molecule has 6 heteroatoms. The Bertz CT molecular complexity index is 380. The third-order valence-corrected chi connectivity index (χ3v) is 3.63. The fourth-order valence-electron chi connectivity index (χ4n) is 1.07. The zero-order valence-corrected chi connectivity index (χ0v) is 9.76. The number of nitrogens with one attached hydrogen (secondary N) is 1. The lowest BCUT2D eigenvalue weighted by molar-refractivity contribution is 0.583. The van der Waals surface area contributed by atoms with Crippen LogP contribution in [0.3, 0.4) is 0 Å². The van der Waals surface area contributed by atoms with E-state index in [1.165, 1.54) is 0 Å². The number of sulfonamides is 1. The smallest absolute Gasteiger partial charge is 0.212 e. The van der Waals surface area contributed by atoms with Crippen LogP contribution in [0.1, 0.15) is 5.56 Å². The van der Waals surface area contributed by atoms with Gasteiger partial charge < -0.3 is 0 Å². The van der Waals surface area contributed by atoms with Crippen molar-refractivity contribution in [3.05, 3.63) is 30.1 Å². The molecule has 0 aromatic carbocycles. The maximum absolute atomic E-state index is 11.2. The van der Waals surface area contributed by atoms with Crippen LogP contribution in [0.5, 0.6) is 0 Å². The van der Waals surface area contributed by atoms with Gasteiger partial charge in [0, 0.05) is 24.8 Å². The summed E-state index contributed by atoms with van der Waals surface area (Å²) in [6.45, 7) is 0.392. The Kier molecular flexibility index (Phi) is 5.01. The van der Waals surface area contributed by atoms with E-state index in [-0.39, 0.29) is 11.6 Å². The van der Waals surface area contributed by atoms with Gasteiger partial charge in [-0.15, -0.1) is 11.6 Å². The van der Waals surface area contributed by atoms with Crippen LogP contribution >= 0.6 is 11.6 Å². The molecule has 1 N–H and O–H groups in total. The van der Waals surface area contributed by atoms with Crippen molar-refractivity contribution in [2.45, 2.75) is 6.42 Å². The van der Waals surface area contributed by atoms with Gasteiger partial charge in [0.2, 0.25) is 10.0 Å². The topological polar surface area (TPSA) is 59.1 Å². The molecule has 0 saturated heterocycles. The van der Waals surface area contributed by atoms with Crippen LogP contribution in [0, 0.1) is 0 Å². The third kappa shape index (κ3) is 5.11. The molecule has 1 aromatic heterocycles. The van der Waals surface area contributed by atoms with Crippen LogP contribution in [0.15, 0.2) is 24.5 Å². The maximum Gasteiger partial charge on any atom is 0.212 e. The SMILES string of the molecule is O=S(=O)(CCCl)NCCc1ccncc1. The summed E-state index contributed by atoms with van der Waals surface area (Å²) in [5.41, 5.74) is 1.05. The molecule has 0 radical (unpaired) electrons. The Balaban J connectivity index is 2.34. The minimum atomic E-state index is -3.20. The van der Waals surface area contributed by atoms with Gasteiger partial charge in [0.05, 0.1) is 5.75 Å². The molecule has 1 aromatic rings. The molecule has 0 aliphatic rings. The van der Waals surface area contributed by atoms with Crippen LogP contribution in [0.4, 0.5) is 0 Å².